The number of rotatable bonds is 7. The molecule has 1 amide bonds. The first-order valence-electron chi connectivity index (χ1n) is 8.01. The van der Waals surface area contributed by atoms with E-state index in [-0.39, 0.29) is 27.7 Å². The monoisotopic (exact) mass is 407 g/mol. The van der Waals surface area contributed by atoms with Crippen molar-refractivity contribution in [2.75, 3.05) is 28.3 Å². The first-order valence-corrected chi connectivity index (χ1v) is 9.45. The molecule has 0 heterocycles. The van der Waals surface area contributed by atoms with Crippen molar-refractivity contribution in [1.29, 1.82) is 0 Å². The molecule has 28 heavy (non-hydrogen) atoms. The van der Waals surface area contributed by atoms with Crippen molar-refractivity contribution >= 4 is 22.1 Å². The van der Waals surface area contributed by atoms with Gasteiger partial charge in [0.1, 0.15) is 0 Å². The van der Waals surface area contributed by atoms with Gasteiger partial charge in [0.2, 0.25) is 15.8 Å². The van der Waals surface area contributed by atoms with Crippen molar-refractivity contribution in [1.82, 2.24) is 9.73 Å². The standard InChI is InChI=1S/C18H21N3O6S/c1-21(2)28(24,25)14-7-5-6-13(10-14)18(23)20-19-11-12-8-15(26-3)17(22)16(9-12)27-4/h5-11,22H,1-4H3,(H,20,23)/b19-11+. The summed E-state index contributed by atoms with van der Waals surface area (Å²) in [5, 5.41) is 13.7. The number of hydrazone groups is 1. The second kappa shape index (κ2) is 8.72. The molecule has 0 unspecified atom stereocenters. The van der Waals surface area contributed by atoms with Crippen LogP contribution in [-0.4, -0.2) is 58.3 Å². The summed E-state index contributed by atoms with van der Waals surface area (Å²) >= 11 is 0. The number of sulfonamides is 1. The van der Waals surface area contributed by atoms with Crippen LogP contribution in [-0.2, 0) is 10.0 Å². The molecule has 0 aromatic heterocycles. The van der Waals surface area contributed by atoms with E-state index in [2.05, 4.69) is 10.5 Å². The van der Waals surface area contributed by atoms with Crippen LogP contribution in [0.4, 0.5) is 0 Å². The summed E-state index contributed by atoms with van der Waals surface area (Å²) in [5.41, 5.74) is 2.97. The van der Waals surface area contributed by atoms with E-state index in [0.29, 0.717) is 5.56 Å². The van der Waals surface area contributed by atoms with Crippen LogP contribution in [0.25, 0.3) is 0 Å². The number of methoxy groups -OCH3 is 2. The first kappa shape index (κ1) is 21.2. The second-order valence-corrected chi connectivity index (χ2v) is 7.94. The van der Waals surface area contributed by atoms with Gasteiger partial charge < -0.3 is 14.6 Å². The van der Waals surface area contributed by atoms with Crippen LogP contribution in [0.5, 0.6) is 17.2 Å². The number of carbonyl (C=O) groups excluding carboxylic acids is 1. The molecule has 0 aliphatic heterocycles. The Morgan fingerprint density at radius 3 is 2.29 bits per heavy atom. The number of hydrogen-bond donors (Lipinski definition) is 2. The molecule has 10 heteroatoms. The molecule has 0 atom stereocenters. The summed E-state index contributed by atoms with van der Waals surface area (Å²) in [4.78, 5) is 12.3. The Labute approximate surface area is 163 Å². The lowest BCUT2D eigenvalue weighted by Gasteiger charge is -2.11. The van der Waals surface area contributed by atoms with Crippen molar-refractivity contribution in [3.8, 4) is 17.2 Å². The van der Waals surface area contributed by atoms with Crippen LogP contribution in [0.3, 0.4) is 0 Å². The van der Waals surface area contributed by atoms with Gasteiger partial charge in [0, 0.05) is 25.2 Å². The maximum Gasteiger partial charge on any atom is 0.271 e. The molecule has 2 aromatic carbocycles. The van der Waals surface area contributed by atoms with E-state index in [1.54, 1.807) is 0 Å². The van der Waals surface area contributed by atoms with Crippen LogP contribution in [0, 0.1) is 0 Å². The Morgan fingerprint density at radius 1 is 1.14 bits per heavy atom. The van der Waals surface area contributed by atoms with Crippen LogP contribution >= 0.6 is 0 Å². The van der Waals surface area contributed by atoms with Gasteiger partial charge in [0.25, 0.3) is 5.91 Å². The van der Waals surface area contributed by atoms with Crippen molar-refractivity contribution in [2.24, 2.45) is 5.10 Å². The number of hydrogen-bond acceptors (Lipinski definition) is 7. The SMILES string of the molecule is COc1cc(/C=N/NC(=O)c2cccc(S(=O)(=O)N(C)C)c2)cc(OC)c1O. The molecule has 0 fully saturated rings. The third-order valence-electron chi connectivity index (χ3n) is 3.76. The highest BCUT2D eigenvalue weighted by atomic mass is 32.2. The summed E-state index contributed by atoms with van der Waals surface area (Å²) in [6.45, 7) is 0. The summed E-state index contributed by atoms with van der Waals surface area (Å²) in [6.07, 6.45) is 1.34. The number of nitrogens with zero attached hydrogens (tertiary/aromatic N) is 2. The van der Waals surface area contributed by atoms with Crippen molar-refractivity contribution in [2.45, 2.75) is 4.90 Å². The minimum Gasteiger partial charge on any atom is -0.502 e. The van der Waals surface area contributed by atoms with Gasteiger partial charge in [-0.3, -0.25) is 4.79 Å². The molecular formula is C18H21N3O6S. The van der Waals surface area contributed by atoms with Crippen molar-refractivity contribution in [3.05, 3.63) is 47.5 Å². The Kier molecular flexibility index (Phi) is 6.60. The number of aromatic hydroxyl groups is 1. The number of amides is 1. The normalized spacial score (nSPS) is 11.6. The number of carbonyl (C=O) groups is 1. The summed E-state index contributed by atoms with van der Waals surface area (Å²) in [5.74, 6) is -0.350. The zero-order chi connectivity index (χ0) is 20.9. The van der Waals surface area contributed by atoms with Crippen LogP contribution in [0.2, 0.25) is 0 Å². The van der Waals surface area contributed by atoms with Gasteiger partial charge in [0.15, 0.2) is 11.5 Å². The van der Waals surface area contributed by atoms with E-state index in [1.165, 1.54) is 70.9 Å². The third-order valence-corrected chi connectivity index (χ3v) is 5.57. The molecule has 2 rings (SSSR count). The molecule has 0 aliphatic carbocycles. The molecule has 0 spiro atoms. The maximum atomic E-state index is 12.3. The fraction of sp³-hybridized carbons (Fsp3) is 0.222. The number of nitrogens with one attached hydrogen (secondary N) is 1. The van der Waals surface area contributed by atoms with E-state index in [1.807, 2.05) is 0 Å². The molecule has 0 bridgehead atoms. The maximum absolute atomic E-state index is 12.3. The number of phenolic OH excluding ortho intramolecular Hbond substituents is 1. The van der Waals surface area contributed by atoms with Crippen molar-refractivity contribution < 1.29 is 27.8 Å². The van der Waals surface area contributed by atoms with Gasteiger partial charge in [0.05, 0.1) is 25.3 Å². The Hall–Kier alpha value is -3.11. The van der Waals surface area contributed by atoms with E-state index < -0.39 is 15.9 Å². The van der Waals surface area contributed by atoms with Crippen LogP contribution < -0.4 is 14.9 Å². The predicted molar refractivity (Wildman–Crippen MR) is 104 cm³/mol. The fourth-order valence-electron chi connectivity index (χ4n) is 2.23. The number of benzene rings is 2. The molecule has 0 saturated carbocycles. The van der Waals surface area contributed by atoms with Gasteiger partial charge in [-0.15, -0.1) is 0 Å². The first-order chi connectivity index (χ1) is 13.2. The average molecular weight is 407 g/mol. The minimum atomic E-state index is -3.65. The Balaban J connectivity index is 2.19. The van der Waals surface area contributed by atoms with Crippen LogP contribution in [0.1, 0.15) is 15.9 Å². The number of phenols is 1. The van der Waals surface area contributed by atoms with E-state index >= 15 is 0 Å². The Morgan fingerprint density at radius 2 is 1.75 bits per heavy atom. The molecular weight excluding hydrogens is 386 g/mol. The largest absolute Gasteiger partial charge is 0.502 e. The summed E-state index contributed by atoms with van der Waals surface area (Å²) < 4.78 is 35.5. The van der Waals surface area contributed by atoms with Gasteiger partial charge in [-0.2, -0.15) is 5.10 Å². The van der Waals surface area contributed by atoms with E-state index in [0.717, 1.165) is 4.31 Å². The molecule has 0 saturated heterocycles. The van der Waals surface area contributed by atoms with Gasteiger partial charge >= 0.3 is 0 Å². The van der Waals surface area contributed by atoms with Crippen LogP contribution in [0.15, 0.2) is 46.4 Å². The lowest BCUT2D eigenvalue weighted by molar-refractivity contribution is 0.0955. The summed E-state index contributed by atoms with van der Waals surface area (Å²) in [7, 11) is 1.96. The highest BCUT2D eigenvalue weighted by Gasteiger charge is 2.18. The topological polar surface area (TPSA) is 118 Å². The molecule has 2 aromatic rings. The average Bonchev–Trinajstić information content (AvgIpc) is 2.68. The highest BCUT2D eigenvalue weighted by Crippen LogP contribution is 2.36. The zero-order valence-corrected chi connectivity index (χ0v) is 16.6. The summed E-state index contributed by atoms with van der Waals surface area (Å²) in [6, 6.07) is 8.66. The van der Waals surface area contributed by atoms with Gasteiger partial charge in [-0.25, -0.2) is 18.1 Å². The third kappa shape index (κ3) is 4.59. The molecule has 0 radical (unpaired) electrons. The molecule has 0 aliphatic rings. The van der Waals surface area contributed by atoms with E-state index in [9.17, 15) is 18.3 Å². The smallest absolute Gasteiger partial charge is 0.271 e. The Bertz CT molecular complexity index is 977. The predicted octanol–water partition coefficient (Wildman–Crippen LogP) is 1.42. The minimum absolute atomic E-state index is 0.00198. The fourth-order valence-corrected chi connectivity index (χ4v) is 3.17. The molecule has 9 nitrogen and oxygen atoms in total. The zero-order valence-electron chi connectivity index (χ0n) is 15.8. The number of ether oxygens (including phenoxy) is 2. The van der Waals surface area contributed by atoms with Gasteiger partial charge in [-0.05, 0) is 30.3 Å². The second-order valence-electron chi connectivity index (χ2n) is 5.79. The highest BCUT2D eigenvalue weighted by molar-refractivity contribution is 7.89. The lowest BCUT2D eigenvalue weighted by atomic mass is 10.2. The van der Waals surface area contributed by atoms with Gasteiger partial charge in [-0.1, -0.05) is 6.07 Å². The molecule has 150 valence electrons. The van der Waals surface area contributed by atoms with Crippen molar-refractivity contribution in [3.63, 3.8) is 0 Å². The van der Waals surface area contributed by atoms with E-state index in [4.69, 9.17) is 9.47 Å². The molecule has 2 N–H and O–H groups in total. The lowest BCUT2D eigenvalue weighted by Crippen LogP contribution is -2.23. The quantitative estimate of drug-likeness (QED) is 0.530.